The number of nitrogens with zero attached hydrogens (tertiary/aromatic N) is 2. The second-order valence-corrected chi connectivity index (χ2v) is 10.6. The minimum atomic E-state index is -3.87. The minimum Gasteiger partial charge on any atom is -0.454 e. The predicted molar refractivity (Wildman–Crippen MR) is 120 cm³/mol. The number of hydrogen-bond donors (Lipinski definition) is 0. The van der Waals surface area contributed by atoms with Crippen molar-refractivity contribution in [2.75, 3.05) is 26.1 Å². The van der Waals surface area contributed by atoms with Crippen molar-refractivity contribution in [1.29, 1.82) is 0 Å². The Balaban J connectivity index is 1.78. The summed E-state index contributed by atoms with van der Waals surface area (Å²) in [6.07, 6.45) is 2.86. The molecule has 0 radical (unpaired) electrons. The number of benzene rings is 2. The number of ether oxygens (including phenoxy) is 2. The van der Waals surface area contributed by atoms with Crippen molar-refractivity contribution in [3.8, 4) is 11.5 Å². The summed E-state index contributed by atoms with van der Waals surface area (Å²) in [4.78, 5) is 6.72. The van der Waals surface area contributed by atoms with Gasteiger partial charge in [-0.3, -0.25) is 4.99 Å². The first kappa shape index (κ1) is 20.9. The molecule has 31 heavy (non-hydrogen) atoms. The first-order valence-electron chi connectivity index (χ1n) is 9.92. The van der Waals surface area contributed by atoms with E-state index in [1.54, 1.807) is 18.2 Å². The van der Waals surface area contributed by atoms with Crippen molar-refractivity contribution >= 4 is 38.6 Å². The number of rotatable bonds is 4. The van der Waals surface area contributed by atoms with Crippen LogP contribution in [-0.4, -0.2) is 44.6 Å². The number of amidine groups is 1. The molecule has 164 valence electrons. The normalized spacial score (nSPS) is 25.2. The molecule has 0 saturated carbocycles. The smallest absolute Gasteiger partial charge is 0.267 e. The highest BCUT2D eigenvalue weighted by atomic mass is 35.5. The SMILES string of the molecule is CS(=O)(=O)OC1(c2ccc3c(c2)OCO3)C(c2ccccc2Cl)SC2=NCCCCN21. The van der Waals surface area contributed by atoms with Gasteiger partial charge >= 0.3 is 0 Å². The van der Waals surface area contributed by atoms with Gasteiger partial charge in [0.1, 0.15) is 0 Å². The van der Waals surface area contributed by atoms with Gasteiger partial charge in [0.15, 0.2) is 16.7 Å². The van der Waals surface area contributed by atoms with Crippen molar-refractivity contribution in [2.24, 2.45) is 4.99 Å². The fourth-order valence-corrected chi connectivity index (χ4v) is 6.88. The molecule has 0 aromatic heterocycles. The largest absolute Gasteiger partial charge is 0.454 e. The summed E-state index contributed by atoms with van der Waals surface area (Å²) in [5.41, 5.74) is 0.0610. The molecule has 0 N–H and O–H groups in total. The summed E-state index contributed by atoms with van der Waals surface area (Å²) in [6.45, 7) is 1.42. The Labute approximate surface area is 190 Å². The number of aliphatic imine (C=N–C) groups is 1. The molecule has 0 spiro atoms. The van der Waals surface area contributed by atoms with Crippen LogP contribution in [0.5, 0.6) is 11.5 Å². The van der Waals surface area contributed by atoms with Crippen molar-refractivity contribution in [1.82, 2.24) is 4.90 Å². The van der Waals surface area contributed by atoms with Gasteiger partial charge in [0, 0.05) is 23.7 Å². The molecule has 10 heteroatoms. The molecular weight excluding hydrogens is 460 g/mol. The molecule has 1 fully saturated rings. The maximum absolute atomic E-state index is 12.6. The van der Waals surface area contributed by atoms with Crippen LogP contribution in [0.3, 0.4) is 0 Å². The third-order valence-electron chi connectivity index (χ3n) is 5.50. The molecule has 3 aliphatic heterocycles. The lowest BCUT2D eigenvalue weighted by Crippen LogP contribution is -2.49. The van der Waals surface area contributed by atoms with Crippen LogP contribution in [0.25, 0.3) is 0 Å². The van der Waals surface area contributed by atoms with Gasteiger partial charge in [-0.25, -0.2) is 4.18 Å². The van der Waals surface area contributed by atoms with Gasteiger partial charge in [0.05, 0.1) is 11.5 Å². The van der Waals surface area contributed by atoms with Gasteiger partial charge in [-0.1, -0.05) is 47.6 Å². The topological polar surface area (TPSA) is 77.4 Å². The average Bonchev–Trinajstić information content (AvgIpc) is 3.22. The standard InChI is InChI=1S/C21H21ClN2O5S2/c1-31(25,26)29-21(14-8-9-17-18(12-14)28-13-27-17)19(15-6-2-3-7-16(15)22)30-20-23-10-4-5-11-24(20)21/h2-3,6-9,12,19H,4-5,10-11,13H2,1H3. The summed E-state index contributed by atoms with van der Waals surface area (Å²) in [5, 5.41) is 0.831. The molecule has 0 bridgehead atoms. The van der Waals surface area contributed by atoms with Crippen molar-refractivity contribution in [3.05, 3.63) is 58.6 Å². The third kappa shape index (κ3) is 3.67. The Morgan fingerprint density at radius 1 is 1.19 bits per heavy atom. The highest BCUT2D eigenvalue weighted by molar-refractivity contribution is 8.14. The lowest BCUT2D eigenvalue weighted by Gasteiger charge is -2.41. The predicted octanol–water partition coefficient (Wildman–Crippen LogP) is 4.14. The number of hydrogen-bond acceptors (Lipinski definition) is 8. The van der Waals surface area contributed by atoms with Gasteiger partial charge in [0.2, 0.25) is 12.5 Å². The molecule has 7 nitrogen and oxygen atoms in total. The average molecular weight is 481 g/mol. The van der Waals surface area contributed by atoms with E-state index in [2.05, 4.69) is 0 Å². The second-order valence-electron chi connectivity index (χ2n) is 7.59. The fraction of sp³-hybridized carbons (Fsp3) is 0.381. The highest BCUT2D eigenvalue weighted by Gasteiger charge is 2.58. The zero-order valence-corrected chi connectivity index (χ0v) is 19.2. The zero-order chi connectivity index (χ0) is 21.6. The molecule has 0 amide bonds. The quantitative estimate of drug-likeness (QED) is 0.608. The summed E-state index contributed by atoms with van der Waals surface area (Å²) >= 11 is 8.07. The van der Waals surface area contributed by atoms with E-state index in [0.29, 0.717) is 35.2 Å². The second kappa shape index (κ2) is 7.88. The first-order chi connectivity index (χ1) is 14.9. The van der Waals surface area contributed by atoms with Crippen LogP contribution in [0.1, 0.15) is 29.2 Å². The van der Waals surface area contributed by atoms with E-state index in [-0.39, 0.29) is 6.79 Å². The van der Waals surface area contributed by atoms with Crippen LogP contribution in [0, 0.1) is 0 Å². The Morgan fingerprint density at radius 2 is 2.00 bits per heavy atom. The maximum Gasteiger partial charge on any atom is 0.267 e. The van der Waals surface area contributed by atoms with Gasteiger partial charge < -0.3 is 14.4 Å². The van der Waals surface area contributed by atoms with Crippen molar-refractivity contribution in [2.45, 2.75) is 23.8 Å². The van der Waals surface area contributed by atoms with E-state index in [4.69, 9.17) is 30.3 Å². The van der Waals surface area contributed by atoms with Crippen molar-refractivity contribution < 1.29 is 22.1 Å². The molecule has 2 aromatic carbocycles. The number of halogens is 1. The Hall–Kier alpha value is -1.94. The third-order valence-corrected chi connectivity index (χ3v) is 7.77. The summed E-state index contributed by atoms with van der Waals surface area (Å²) in [6, 6.07) is 12.8. The molecule has 3 heterocycles. The van der Waals surface area contributed by atoms with E-state index in [1.807, 2.05) is 29.2 Å². The van der Waals surface area contributed by atoms with Gasteiger partial charge in [0.25, 0.3) is 10.1 Å². The maximum atomic E-state index is 12.6. The number of fused-ring (bicyclic) bond motifs is 2. The van der Waals surface area contributed by atoms with Gasteiger partial charge in [-0.05, 0) is 36.6 Å². The van der Waals surface area contributed by atoms with E-state index >= 15 is 0 Å². The lowest BCUT2D eigenvalue weighted by atomic mass is 9.92. The lowest BCUT2D eigenvalue weighted by molar-refractivity contribution is -0.0392. The van der Waals surface area contributed by atoms with Crippen LogP contribution in [-0.2, 0) is 20.0 Å². The molecule has 5 rings (SSSR count). The highest BCUT2D eigenvalue weighted by Crippen LogP contribution is 2.59. The van der Waals surface area contributed by atoms with E-state index in [0.717, 1.165) is 29.8 Å². The van der Waals surface area contributed by atoms with Crippen LogP contribution in [0.2, 0.25) is 5.02 Å². The molecule has 2 aromatic rings. The van der Waals surface area contributed by atoms with Gasteiger partial charge in [-0.2, -0.15) is 8.42 Å². The molecule has 1 saturated heterocycles. The summed E-state index contributed by atoms with van der Waals surface area (Å²) in [7, 11) is -3.87. The summed E-state index contributed by atoms with van der Waals surface area (Å²) < 4.78 is 42.3. The van der Waals surface area contributed by atoms with E-state index in [9.17, 15) is 8.42 Å². The monoisotopic (exact) mass is 480 g/mol. The minimum absolute atomic E-state index is 0.123. The Morgan fingerprint density at radius 3 is 2.81 bits per heavy atom. The first-order valence-corrected chi connectivity index (χ1v) is 13.0. The molecule has 3 aliphatic rings. The Bertz CT molecular complexity index is 1160. The van der Waals surface area contributed by atoms with Crippen molar-refractivity contribution in [3.63, 3.8) is 0 Å². The van der Waals surface area contributed by atoms with E-state index in [1.165, 1.54) is 11.8 Å². The molecule has 0 aliphatic carbocycles. The van der Waals surface area contributed by atoms with Crippen LogP contribution in [0.4, 0.5) is 0 Å². The van der Waals surface area contributed by atoms with Gasteiger partial charge in [-0.15, -0.1) is 0 Å². The molecule has 2 unspecified atom stereocenters. The Kier molecular flexibility index (Phi) is 5.32. The van der Waals surface area contributed by atoms with Crippen LogP contribution >= 0.6 is 23.4 Å². The summed E-state index contributed by atoms with van der Waals surface area (Å²) in [5.74, 6) is 1.17. The van der Waals surface area contributed by atoms with E-state index < -0.39 is 21.1 Å². The molecule has 2 atom stereocenters. The zero-order valence-electron chi connectivity index (χ0n) is 16.8. The number of thioether (sulfide) groups is 1. The van der Waals surface area contributed by atoms with Crippen LogP contribution < -0.4 is 9.47 Å². The molecular formula is C21H21ClN2O5S2. The van der Waals surface area contributed by atoms with Crippen LogP contribution in [0.15, 0.2) is 47.5 Å². The fourth-order valence-electron chi connectivity index (χ4n) is 4.23.